The molecule has 3 heteroatoms. The van der Waals surface area contributed by atoms with Crippen LogP contribution >= 0.6 is 0 Å². The van der Waals surface area contributed by atoms with Gasteiger partial charge in [-0.15, -0.1) is 0 Å². The molecule has 0 aromatic heterocycles. The molecule has 0 bridgehead atoms. The van der Waals surface area contributed by atoms with Crippen LogP contribution in [0, 0.1) is 17.8 Å². The van der Waals surface area contributed by atoms with E-state index in [0.29, 0.717) is 6.54 Å². The van der Waals surface area contributed by atoms with E-state index in [2.05, 4.69) is 18.8 Å². The lowest BCUT2D eigenvalue weighted by Gasteiger charge is -2.20. The fourth-order valence-corrected chi connectivity index (χ4v) is 2.84. The summed E-state index contributed by atoms with van der Waals surface area (Å²) >= 11 is 0. The normalized spacial score (nSPS) is 18.6. The van der Waals surface area contributed by atoms with Crippen molar-refractivity contribution in [3.63, 3.8) is 0 Å². The summed E-state index contributed by atoms with van der Waals surface area (Å²) in [6.45, 7) is 4.31. The second-order valence-corrected chi connectivity index (χ2v) is 5.58. The monoisotopic (exact) mass is 284 g/mol. The minimum absolute atomic E-state index is 0.128. The SMILES string of the molecule is CCC1CCCN(C(=O)c2cccc(C#CCN)c2)CC1. The molecule has 0 aliphatic carbocycles. The molecular weight excluding hydrogens is 260 g/mol. The molecule has 2 rings (SSSR count). The highest BCUT2D eigenvalue weighted by Gasteiger charge is 2.20. The van der Waals surface area contributed by atoms with Crippen molar-refractivity contribution in [2.75, 3.05) is 19.6 Å². The van der Waals surface area contributed by atoms with Crippen molar-refractivity contribution in [2.24, 2.45) is 11.7 Å². The van der Waals surface area contributed by atoms with E-state index in [-0.39, 0.29) is 5.91 Å². The Balaban J connectivity index is 2.08. The van der Waals surface area contributed by atoms with Gasteiger partial charge in [0.15, 0.2) is 0 Å². The Morgan fingerprint density at radius 2 is 2.24 bits per heavy atom. The van der Waals surface area contributed by atoms with Gasteiger partial charge in [0.2, 0.25) is 0 Å². The minimum Gasteiger partial charge on any atom is -0.339 e. The molecule has 3 nitrogen and oxygen atoms in total. The van der Waals surface area contributed by atoms with Crippen LogP contribution in [0.1, 0.15) is 48.5 Å². The fraction of sp³-hybridized carbons (Fsp3) is 0.500. The number of hydrogen-bond donors (Lipinski definition) is 1. The van der Waals surface area contributed by atoms with E-state index in [1.165, 1.54) is 12.8 Å². The van der Waals surface area contributed by atoms with Gasteiger partial charge in [-0.2, -0.15) is 0 Å². The molecule has 2 N–H and O–H groups in total. The number of likely N-dealkylation sites (tertiary alicyclic amines) is 1. The summed E-state index contributed by atoms with van der Waals surface area (Å²) in [5, 5.41) is 0. The number of hydrogen-bond acceptors (Lipinski definition) is 2. The Kier molecular flexibility index (Phi) is 5.83. The van der Waals surface area contributed by atoms with Gasteiger partial charge in [0.05, 0.1) is 6.54 Å². The van der Waals surface area contributed by atoms with Crippen molar-refractivity contribution in [2.45, 2.75) is 32.6 Å². The molecule has 1 atom stereocenters. The first-order valence-corrected chi connectivity index (χ1v) is 7.83. The molecule has 1 saturated heterocycles. The largest absolute Gasteiger partial charge is 0.339 e. The molecule has 1 amide bonds. The van der Waals surface area contributed by atoms with Gasteiger partial charge < -0.3 is 10.6 Å². The summed E-state index contributed by atoms with van der Waals surface area (Å²) in [6, 6.07) is 7.54. The van der Waals surface area contributed by atoms with Gasteiger partial charge in [-0.3, -0.25) is 4.79 Å². The van der Waals surface area contributed by atoms with Crippen molar-refractivity contribution in [3.05, 3.63) is 35.4 Å². The summed E-state index contributed by atoms with van der Waals surface area (Å²) in [7, 11) is 0. The summed E-state index contributed by atoms with van der Waals surface area (Å²) in [6.07, 6.45) is 4.68. The maximum atomic E-state index is 12.6. The Labute approximate surface area is 127 Å². The average molecular weight is 284 g/mol. The van der Waals surface area contributed by atoms with E-state index in [0.717, 1.165) is 43.0 Å². The quantitative estimate of drug-likeness (QED) is 0.849. The van der Waals surface area contributed by atoms with Crippen LogP contribution < -0.4 is 5.73 Å². The van der Waals surface area contributed by atoms with Crippen LogP contribution in [0.25, 0.3) is 0 Å². The van der Waals surface area contributed by atoms with Crippen LogP contribution in [0.3, 0.4) is 0 Å². The number of amides is 1. The Bertz CT molecular complexity index is 542. The first kappa shape index (κ1) is 15.6. The Hall–Kier alpha value is -1.79. The molecule has 1 aliphatic rings. The van der Waals surface area contributed by atoms with Crippen LogP contribution in [0.2, 0.25) is 0 Å². The van der Waals surface area contributed by atoms with Gasteiger partial charge in [0, 0.05) is 24.2 Å². The van der Waals surface area contributed by atoms with E-state index >= 15 is 0 Å². The summed E-state index contributed by atoms with van der Waals surface area (Å²) < 4.78 is 0. The zero-order chi connectivity index (χ0) is 15.1. The van der Waals surface area contributed by atoms with E-state index in [1.807, 2.05) is 29.2 Å². The molecule has 0 radical (unpaired) electrons. The third-order valence-electron chi connectivity index (χ3n) is 4.16. The van der Waals surface area contributed by atoms with Crippen LogP contribution in [0.5, 0.6) is 0 Å². The van der Waals surface area contributed by atoms with Crippen molar-refractivity contribution in [1.82, 2.24) is 4.90 Å². The Morgan fingerprint density at radius 3 is 3.00 bits per heavy atom. The van der Waals surface area contributed by atoms with Crippen molar-refractivity contribution >= 4 is 5.91 Å². The molecule has 1 unspecified atom stereocenters. The number of carbonyl (C=O) groups excluding carboxylic acids is 1. The molecule has 1 heterocycles. The molecule has 1 aromatic carbocycles. The topological polar surface area (TPSA) is 46.3 Å². The first-order valence-electron chi connectivity index (χ1n) is 7.83. The maximum Gasteiger partial charge on any atom is 0.253 e. The van der Waals surface area contributed by atoms with Crippen LogP contribution in [0.4, 0.5) is 0 Å². The zero-order valence-corrected chi connectivity index (χ0v) is 12.8. The standard InChI is InChI=1S/C18H24N2O/c1-2-15-8-5-12-20(13-10-15)18(21)17-9-3-6-16(14-17)7-4-11-19/h3,6,9,14-15H,2,5,8,10-13,19H2,1H3. The van der Waals surface area contributed by atoms with Crippen LogP contribution in [-0.2, 0) is 0 Å². The van der Waals surface area contributed by atoms with Crippen molar-refractivity contribution < 1.29 is 4.79 Å². The van der Waals surface area contributed by atoms with Gasteiger partial charge in [0.1, 0.15) is 0 Å². The molecule has 1 aromatic rings. The van der Waals surface area contributed by atoms with Gasteiger partial charge in [0.25, 0.3) is 5.91 Å². The number of nitrogens with two attached hydrogens (primary N) is 1. The number of carbonyl (C=O) groups is 1. The minimum atomic E-state index is 0.128. The lowest BCUT2D eigenvalue weighted by atomic mass is 9.98. The van der Waals surface area contributed by atoms with Gasteiger partial charge >= 0.3 is 0 Å². The molecule has 112 valence electrons. The van der Waals surface area contributed by atoms with Crippen LogP contribution in [0.15, 0.2) is 24.3 Å². The van der Waals surface area contributed by atoms with E-state index in [1.54, 1.807) is 0 Å². The van der Waals surface area contributed by atoms with Crippen molar-refractivity contribution in [1.29, 1.82) is 0 Å². The molecule has 1 fully saturated rings. The van der Waals surface area contributed by atoms with E-state index in [9.17, 15) is 4.79 Å². The third kappa shape index (κ3) is 4.34. The Morgan fingerprint density at radius 1 is 1.38 bits per heavy atom. The third-order valence-corrected chi connectivity index (χ3v) is 4.16. The number of benzene rings is 1. The highest BCUT2D eigenvalue weighted by Crippen LogP contribution is 2.21. The second-order valence-electron chi connectivity index (χ2n) is 5.58. The van der Waals surface area contributed by atoms with Gasteiger partial charge in [-0.05, 0) is 43.4 Å². The first-order chi connectivity index (χ1) is 10.2. The zero-order valence-electron chi connectivity index (χ0n) is 12.8. The summed E-state index contributed by atoms with van der Waals surface area (Å²) in [4.78, 5) is 14.6. The molecule has 0 spiro atoms. The van der Waals surface area contributed by atoms with Gasteiger partial charge in [-0.25, -0.2) is 0 Å². The summed E-state index contributed by atoms with van der Waals surface area (Å²) in [5.41, 5.74) is 6.97. The highest BCUT2D eigenvalue weighted by molar-refractivity contribution is 5.94. The summed E-state index contributed by atoms with van der Waals surface area (Å²) in [5.74, 6) is 6.71. The molecule has 0 saturated carbocycles. The smallest absolute Gasteiger partial charge is 0.253 e. The molecule has 21 heavy (non-hydrogen) atoms. The number of nitrogens with zero attached hydrogens (tertiary/aromatic N) is 1. The van der Waals surface area contributed by atoms with Gasteiger partial charge in [-0.1, -0.05) is 31.3 Å². The van der Waals surface area contributed by atoms with Crippen molar-refractivity contribution in [3.8, 4) is 11.8 Å². The second kappa shape index (κ2) is 7.85. The number of rotatable bonds is 2. The lowest BCUT2D eigenvalue weighted by molar-refractivity contribution is 0.0760. The van der Waals surface area contributed by atoms with E-state index < -0.39 is 0 Å². The predicted molar refractivity (Wildman–Crippen MR) is 85.9 cm³/mol. The average Bonchev–Trinajstić information content (AvgIpc) is 2.78. The maximum absolute atomic E-state index is 12.6. The molecular formula is C18H24N2O. The highest BCUT2D eigenvalue weighted by atomic mass is 16.2. The lowest BCUT2D eigenvalue weighted by Crippen LogP contribution is -2.32. The fourth-order valence-electron chi connectivity index (χ4n) is 2.84. The molecule has 1 aliphatic heterocycles. The van der Waals surface area contributed by atoms with Crippen LogP contribution in [-0.4, -0.2) is 30.4 Å². The van der Waals surface area contributed by atoms with E-state index in [4.69, 9.17) is 5.73 Å². The predicted octanol–water partition coefficient (Wildman–Crippen LogP) is 2.65.